The van der Waals surface area contributed by atoms with E-state index in [2.05, 4.69) is 28.7 Å². The van der Waals surface area contributed by atoms with Crippen molar-refractivity contribution in [2.24, 2.45) is 0 Å². The van der Waals surface area contributed by atoms with Crippen LogP contribution in [0.3, 0.4) is 0 Å². The van der Waals surface area contributed by atoms with Crippen LogP contribution in [-0.2, 0) is 13.2 Å². The second-order valence-electron chi connectivity index (χ2n) is 7.01. The Morgan fingerprint density at radius 2 is 2.18 bits per heavy atom. The van der Waals surface area contributed by atoms with E-state index in [0.717, 1.165) is 35.1 Å². The second kappa shape index (κ2) is 8.43. The Balaban J connectivity index is 1.66. The molecule has 3 aromatic rings. The molecule has 2 atom stereocenters. The third-order valence-electron chi connectivity index (χ3n) is 5.31. The number of aromatic nitrogens is 3. The van der Waals surface area contributed by atoms with E-state index in [9.17, 15) is 0 Å². The van der Waals surface area contributed by atoms with Gasteiger partial charge in [-0.2, -0.15) is 4.68 Å². The molecule has 0 spiro atoms. The highest BCUT2D eigenvalue weighted by molar-refractivity contribution is 7.71. The van der Waals surface area contributed by atoms with Crippen LogP contribution in [-0.4, -0.2) is 28.0 Å². The van der Waals surface area contributed by atoms with Crippen molar-refractivity contribution in [1.82, 2.24) is 14.3 Å². The molecule has 0 amide bonds. The Bertz CT molecular complexity index is 989. The third kappa shape index (κ3) is 3.70. The minimum Gasteiger partial charge on any atom is -0.497 e. The number of allylic oxidation sites excluding steroid dienone is 1. The first-order valence-corrected chi connectivity index (χ1v) is 10.8. The number of ether oxygens (including phenoxy) is 1. The highest BCUT2D eigenvalue weighted by Gasteiger charge is 2.31. The molecule has 0 bridgehead atoms. The van der Waals surface area contributed by atoms with Crippen LogP contribution in [0.5, 0.6) is 5.75 Å². The van der Waals surface area contributed by atoms with E-state index in [-0.39, 0.29) is 0 Å². The molecule has 5 nitrogen and oxygen atoms in total. The van der Waals surface area contributed by atoms with Crippen molar-refractivity contribution in [3.8, 4) is 17.1 Å². The van der Waals surface area contributed by atoms with Crippen LogP contribution in [0.2, 0.25) is 0 Å². The molecule has 0 radical (unpaired) electrons. The summed E-state index contributed by atoms with van der Waals surface area (Å²) in [5, 5.41) is 7.07. The molecule has 1 N–H and O–H groups in total. The summed E-state index contributed by atoms with van der Waals surface area (Å²) >= 11 is 7.63. The van der Waals surface area contributed by atoms with E-state index in [1.54, 1.807) is 7.11 Å². The number of hydrogen-bond acceptors (Lipinski definition) is 4. The number of benzene rings is 1. The summed E-state index contributed by atoms with van der Waals surface area (Å²) in [6.07, 6.45) is 4.33. The van der Waals surface area contributed by atoms with Gasteiger partial charge in [0.25, 0.3) is 0 Å². The SMILES string of the molecule is C=CCn1c(-c2ccc(OC)cc2)nn(C[NH+]2CCC[C@@H]2c2cccs2)c1=S. The van der Waals surface area contributed by atoms with E-state index in [4.69, 9.17) is 22.1 Å². The summed E-state index contributed by atoms with van der Waals surface area (Å²) in [5.41, 5.74) is 1.03. The topological polar surface area (TPSA) is 36.4 Å². The van der Waals surface area contributed by atoms with Gasteiger partial charge in [-0.05, 0) is 47.9 Å². The largest absolute Gasteiger partial charge is 0.497 e. The van der Waals surface area contributed by atoms with Crippen LogP contribution in [0.1, 0.15) is 23.8 Å². The van der Waals surface area contributed by atoms with Gasteiger partial charge >= 0.3 is 0 Å². The smallest absolute Gasteiger partial charge is 0.203 e. The predicted octanol–water partition coefficient (Wildman–Crippen LogP) is 3.71. The maximum Gasteiger partial charge on any atom is 0.203 e. The van der Waals surface area contributed by atoms with Gasteiger partial charge in [0, 0.05) is 24.9 Å². The zero-order chi connectivity index (χ0) is 19.5. The molecule has 2 aromatic heterocycles. The molecule has 1 fully saturated rings. The minimum atomic E-state index is 0.538. The lowest BCUT2D eigenvalue weighted by Crippen LogP contribution is -3.09. The van der Waals surface area contributed by atoms with E-state index >= 15 is 0 Å². The molecule has 1 aliphatic rings. The number of rotatable bonds is 7. The van der Waals surface area contributed by atoms with Crippen LogP contribution in [0, 0.1) is 4.77 Å². The summed E-state index contributed by atoms with van der Waals surface area (Å²) in [4.78, 5) is 2.99. The molecule has 0 saturated carbocycles. The number of quaternary nitrogens is 1. The molecule has 146 valence electrons. The van der Waals surface area contributed by atoms with Gasteiger partial charge in [-0.1, -0.05) is 12.1 Å². The third-order valence-corrected chi connectivity index (χ3v) is 6.72. The standard InChI is InChI=1S/C21H24N4OS2/c1-3-12-24-20(16-8-10-17(26-2)11-9-16)22-25(21(24)27)15-23-13-4-6-18(23)19-7-5-14-28-19/h3,5,7-11,14,18H,1,4,6,12-13,15H2,2H3/p+1/t18-/m1/s1. The number of nitrogens with one attached hydrogen (secondary N) is 1. The van der Waals surface area contributed by atoms with E-state index in [0.29, 0.717) is 12.6 Å². The van der Waals surface area contributed by atoms with Crippen LogP contribution >= 0.6 is 23.6 Å². The highest BCUT2D eigenvalue weighted by Crippen LogP contribution is 2.24. The maximum absolute atomic E-state index is 5.78. The molecule has 28 heavy (non-hydrogen) atoms. The molecular formula is C21H25N4OS2+. The van der Waals surface area contributed by atoms with Crippen molar-refractivity contribution >= 4 is 23.6 Å². The fourth-order valence-electron chi connectivity index (χ4n) is 3.92. The van der Waals surface area contributed by atoms with Crippen molar-refractivity contribution in [3.63, 3.8) is 0 Å². The van der Waals surface area contributed by atoms with Gasteiger partial charge in [0.05, 0.1) is 18.5 Å². The molecular weight excluding hydrogens is 388 g/mol. The van der Waals surface area contributed by atoms with Crippen molar-refractivity contribution in [2.45, 2.75) is 32.1 Å². The number of nitrogens with zero attached hydrogens (tertiary/aromatic N) is 3. The summed E-state index contributed by atoms with van der Waals surface area (Å²) in [6, 6.07) is 12.9. The molecule has 4 rings (SSSR count). The van der Waals surface area contributed by atoms with Gasteiger partial charge in [0.15, 0.2) is 12.5 Å². The maximum atomic E-state index is 5.78. The Hall–Kier alpha value is -2.22. The fraction of sp³-hybridized carbons (Fsp3) is 0.333. The fourth-order valence-corrected chi connectivity index (χ4v) is 5.10. The van der Waals surface area contributed by atoms with Gasteiger partial charge in [0.2, 0.25) is 4.77 Å². The van der Waals surface area contributed by atoms with Crippen LogP contribution in [0.15, 0.2) is 54.4 Å². The van der Waals surface area contributed by atoms with Crippen molar-refractivity contribution in [1.29, 1.82) is 0 Å². The average molecular weight is 414 g/mol. The lowest BCUT2D eigenvalue weighted by molar-refractivity contribution is -0.941. The van der Waals surface area contributed by atoms with E-state index in [1.807, 2.05) is 46.4 Å². The summed E-state index contributed by atoms with van der Waals surface area (Å²) in [7, 11) is 1.67. The number of likely N-dealkylation sites (tertiary alicyclic amines) is 1. The minimum absolute atomic E-state index is 0.538. The van der Waals surface area contributed by atoms with Gasteiger partial charge in [-0.25, -0.2) is 0 Å². The lowest BCUT2D eigenvalue weighted by atomic mass is 10.2. The quantitative estimate of drug-likeness (QED) is 0.474. The zero-order valence-electron chi connectivity index (χ0n) is 16.0. The summed E-state index contributed by atoms with van der Waals surface area (Å²) in [6.45, 7) is 6.47. The van der Waals surface area contributed by atoms with Gasteiger partial charge in [-0.15, -0.1) is 23.0 Å². The van der Waals surface area contributed by atoms with Gasteiger partial charge in [0.1, 0.15) is 11.8 Å². The van der Waals surface area contributed by atoms with E-state index in [1.165, 1.54) is 22.6 Å². The second-order valence-corrected chi connectivity index (χ2v) is 8.35. The Morgan fingerprint density at radius 1 is 1.36 bits per heavy atom. The molecule has 1 saturated heterocycles. The summed E-state index contributed by atoms with van der Waals surface area (Å²) < 4.78 is 10.1. The van der Waals surface area contributed by atoms with Gasteiger partial charge in [-0.3, -0.25) is 4.57 Å². The Labute approximate surface area is 174 Å². The number of methoxy groups -OCH3 is 1. The molecule has 1 unspecified atom stereocenters. The van der Waals surface area contributed by atoms with E-state index < -0.39 is 0 Å². The molecule has 7 heteroatoms. The van der Waals surface area contributed by atoms with Crippen molar-refractivity contribution < 1.29 is 9.64 Å². The monoisotopic (exact) mass is 413 g/mol. The predicted molar refractivity (Wildman–Crippen MR) is 115 cm³/mol. The zero-order valence-corrected chi connectivity index (χ0v) is 17.6. The average Bonchev–Trinajstić information content (AvgIpc) is 3.45. The molecule has 0 aliphatic carbocycles. The lowest BCUT2D eigenvalue weighted by Gasteiger charge is -2.20. The van der Waals surface area contributed by atoms with Crippen LogP contribution in [0.4, 0.5) is 0 Å². The number of hydrogen-bond donors (Lipinski definition) is 1. The highest BCUT2D eigenvalue weighted by atomic mass is 32.1. The summed E-state index contributed by atoms with van der Waals surface area (Å²) in [5.74, 6) is 1.70. The van der Waals surface area contributed by atoms with Crippen molar-refractivity contribution in [3.05, 3.63) is 64.1 Å². The Morgan fingerprint density at radius 3 is 2.86 bits per heavy atom. The first kappa shape index (κ1) is 19.1. The molecule has 3 heterocycles. The Kier molecular flexibility index (Phi) is 5.75. The van der Waals surface area contributed by atoms with Crippen molar-refractivity contribution in [2.75, 3.05) is 13.7 Å². The van der Waals surface area contributed by atoms with Crippen LogP contribution in [0.25, 0.3) is 11.4 Å². The van der Waals surface area contributed by atoms with Crippen LogP contribution < -0.4 is 9.64 Å². The first-order chi connectivity index (χ1) is 13.7. The van der Waals surface area contributed by atoms with Gasteiger partial charge < -0.3 is 9.64 Å². The normalized spacial score (nSPS) is 19.0. The molecule has 1 aromatic carbocycles. The first-order valence-electron chi connectivity index (χ1n) is 9.52. The number of thiophene rings is 1. The molecule has 1 aliphatic heterocycles.